The van der Waals surface area contributed by atoms with Gasteiger partial charge in [-0.3, -0.25) is 9.78 Å². The average Bonchev–Trinajstić information content (AvgIpc) is 2.47. The van der Waals surface area contributed by atoms with Crippen molar-refractivity contribution in [3.63, 3.8) is 0 Å². The standard InChI is InChI=1S/C15H12N4O/c16-8-11-4-5-14-13(7-11)18-15(20)10-19(14)9-12-3-1-2-6-17-12/h1-7H,9-10H2,(H,18,20). The van der Waals surface area contributed by atoms with Gasteiger partial charge >= 0.3 is 0 Å². The Bertz CT molecular complexity index is 691. The molecule has 5 nitrogen and oxygen atoms in total. The molecule has 3 rings (SSSR count). The Kier molecular flexibility index (Phi) is 3.05. The first-order valence-corrected chi connectivity index (χ1v) is 6.25. The number of hydrogen-bond donors (Lipinski definition) is 1. The van der Waals surface area contributed by atoms with Gasteiger partial charge < -0.3 is 10.2 Å². The summed E-state index contributed by atoms with van der Waals surface area (Å²) in [7, 11) is 0. The molecule has 98 valence electrons. The lowest BCUT2D eigenvalue weighted by molar-refractivity contribution is -0.115. The maximum absolute atomic E-state index is 11.8. The molecule has 2 aromatic rings. The Balaban J connectivity index is 1.94. The number of nitriles is 1. The van der Waals surface area contributed by atoms with Crippen molar-refractivity contribution >= 4 is 17.3 Å². The van der Waals surface area contributed by atoms with E-state index in [-0.39, 0.29) is 12.5 Å². The minimum atomic E-state index is -0.0801. The minimum Gasteiger partial charge on any atom is -0.355 e. The van der Waals surface area contributed by atoms with Crippen LogP contribution in [0, 0.1) is 11.3 Å². The van der Waals surface area contributed by atoms with Crippen molar-refractivity contribution in [1.29, 1.82) is 5.26 Å². The van der Waals surface area contributed by atoms with Gasteiger partial charge in [-0.25, -0.2) is 0 Å². The molecule has 1 aromatic carbocycles. The van der Waals surface area contributed by atoms with Crippen molar-refractivity contribution < 1.29 is 4.79 Å². The lowest BCUT2D eigenvalue weighted by Crippen LogP contribution is -2.37. The summed E-state index contributed by atoms with van der Waals surface area (Å²) in [5.74, 6) is -0.0801. The maximum Gasteiger partial charge on any atom is 0.243 e. The molecule has 20 heavy (non-hydrogen) atoms. The van der Waals surface area contributed by atoms with Gasteiger partial charge in [0.1, 0.15) is 0 Å². The van der Waals surface area contributed by atoms with Gasteiger partial charge in [-0.1, -0.05) is 6.07 Å². The third-order valence-corrected chi connectivity index (χ3v) is 3.15. The topological polar surface area (TPSA) is 69.0 Å². The molecule has 0 spiro atoms. The molecule has 0 saturated carbocycles. The molecule has 1 amide bonds. The number of nitrogens with one attached hydrogen (secondary N) is 1. The third-order valence-electron chi connectivity index (χ3n) is 3.15. The molecule has 0 saturated heterocycles. The SMILES string of the molecule is N#Cc1ccc2c(c1)NC(=O)CN2Cc1ccccn1. The van der Waals surface area contributed by atoms with Gasteiger partial charge in [0.15, 0.2) is 0 Å². The molecule has 2 heterocycles. The third kappa shape index (κ3) is 2.31. The van der Waals surface area contributed by atoms with Crippen LogP contribution in [0.2, 0.25) is 0 Å². The van der Waals surface area contributed by atoms with Crippen molar-refractivity contribution in [2.24, 2.45) is 0 Å². The number of anilines is 2. The molecule has 5 heteroatoms. The number of nitrogens with zero attached hydrogens (tertiary/aromatic N) is 3. The number of carbonyl (C=O) groups excluding carboxylic acids is 1. The van der Waals surface area contributed by atoms with Crippen molar-refractivity contribution in [3.8, 4) is 6.07 Å². The first-order valence-electron chi connectivity index (χ1n) is 6.25. The summed E-state index contributed by atoms with van der Waals surface area (Å²) in [4.78, 5) is 18.0. The molecule has 0 fully saturated rings. The van der Waals surface area contributed by atoms with Crippen LogP contribution in [0.3, 0.4) is 0 Å². The van der Waals surface area contributed by atoms with E-state index in [9.17, 15) is 4.79 Å². The highest BCUT2D eigenvalue weighted by molar-refractivity contribution is 6.01. The van der Waals surface area contributed by atoms with E-state index in [0.29, 0.717) is 17.8 Å². The smallest absolute Gasteiger partial charge is 0.243 e. The van der Waals surface area contributed by atoms with E-state index in [1.807, 2.05) is 29.2 Å². The Morgan fingerprint density at radius 3 is 3.00 bits per heavy atom. The zero-order valence-electron chi connectivity index (χ0n) is 10.7. The van der Waals surface area contributed by atoms with Gasteiger partial charge in [0.25, 0.3) is 0 Å². The van der Waals surface area contributed by atoms with Crippen LogP contribution >= 0.6 is 0 Å². The minimum absolute atomic E-state index is 0.0801. The second kappa shape index (κ2) is 5.02. The molecule has 1 aliphatic heterocycles. The fraction of sp³-hybridized carbons (Fsp3) is 0.133. The highest BCUT2D eigenvalue weighted by Gasteiger charge is 2.22. The largest absolute Gasteiger partial charge is 0.355 e. The molecule has 0 radical (unpaired) electrons. The summed E-state index contributed by atoms with van der Waals surface area (Å²) in [6.45, 7) is 0.850. The van der Waals surface area contributed by atoms with Crippen LogP contribution in [0.4, 0.5) is 11.4 Å². The number of rotatable bonds is 2. The highest BCUT2D eigenvalue weighted by atomic mass is 16.2. The first kappa shape index (κ1) is 12.2. The van der Waals surface area contributed by atoms with Gasteiger partial charge in [-0.05, 0) is 30.3 Å². The van der Waals surface area contributed by atoms with E-state index >= 15 is 0 Å². The number of amides is 1. The molecular weight excluding hydrogens is 252 g/mol. The number of fused-ring (bicyclic) bond motifs is 1. The Labute approximate surface area is 116 Å². The van der Waals surface area contributed by atoms with Crippen LogP contribution in [-0.4, -0.2) is 17.4 Å². The van der Waals surface area contributed by atoms with Crippen LogP contribution in [0.5, 0.6) is 0 Å². The fourth-order valence-electron chi connectivity index (χ4n) is 2.26. The zero-order chi connectivity index (χ0) is 13.9. The van der Waals surface area contributed by atoms with E-state index in [1.165, 1.54) is 0 Å². The Hall–Kier alpha value is -2.87. The van der Waals surface area contributed by atoms with E-state index in [4.69, 9.17) is 5.26 Å². The van der Waals surface area contributed by atoms with Crippen LogP contribution < -0.4 is 10.2 Å². The molecule has 1 aromatic heterocycles. The monoisotopic (exact) mass is 264 g/mol. The molecule has 0 bridgehead atoms. The number of pyridine rings is 1. The van der Waals surface area contributed by atoms with Crippen molar-refractivity contribution in [3.05, 3.63) is 53.9 Å². The van der Waals surface area contributed by atoms with Gasteiger partial charge in [0, 0.05) is 6.20 Å². The van der Waals surface area contributed by atoms with E-state index in [2.05, 4.69) is 16.4 Å². The van der Waals surface area contributed by atoms with E-state index < -0.39 is 0 Å². The highest BCUT2D eigenvalue weighted by Crippen LogP contribution is 2.31. The summed E-state index contributed by atoms with van der Waals surface area (Å²) in [5.41, 5.74) is 3.02. The number of aromatic nitrogens is 1. The van der Waals surface area contributed by atoms with E-state index in [1.54, 1.807) is 18.3 Å². The first-order chi connectivity index (χ1) is 9.76. The van der Waals surface area contributed by atoms with Crippen LogP contribution in [0.25, 0.3) is 0 Å². The zero-order valence-corrected chi connectivity index (χ0v) is 10.7. The van der Waals surface area contributed by atoms with Crippen molar-refractivity contribution in [1.82, 2.24) is 4.98 Å². The lowest BCUT2D eigenvalue weighted by atomic mass is 10.1. The fourth-order valence-corrected chi connectivity index (χ4v) is 2.26. The Morgan fingerprint density at radius 2 is 2.25 bits per heavy atom. The second-order valence-electron chi connectivity index (χ2n) is 4.57. The summed E-state index contributed by atoms with van der Waals surface area (Å²) in [6.07, 6.45) is 1.74. The predicted octanol–water partition coefficient (Wildman–Crippen LogP) is 1.91. The van der Waals surface area contributed by atoms with E-state index in [0.717, 1.165) is 11.4 Å². The predicted molar refractivity (Wildman–Crippen MR) is 75.1 cm³/mol. The van der Waals surface area contributed by atoms with Crippen LogP contribution in [-0.2, 0) is 11.3 Å². The maximum atomic E-state index is 11.8. The van der Waals surface area contributed by atoms with Crippen molar-refractivity contribution in [2.75, 3.05) is 16.8 Å². The lowest BCUT2D eigenvalue weighted by Gasteiger charge is -2.30. The number of benzene rings is 1. The summed E-state index contributed by atoms with van der Waals surface area (Å²) < 4.78 is 0. The van der Waals surface area contributed by atoms with Gasteiger partial charge in [0.05, 0.1) is 41.8 Å². The number of hydrogen-bond acceptors (Lipinski definition) is 4. The second-order valence-corrected chi connectivity index (χ2v) is 4.57. The molecular formula is C15H12N4O. The van der Waals surface area contributed by atoms with Crippen molar-refractivity contribution in [2.45, 2.75) is 6.54 Å². The number of carbonyl (C=O) groups is 1. The molecule has 1 N–H and O–H groups in total. The van der Waals surface area contributed by atoms with Crippen LogP contribution in [0.1, 0.15) is 11.3 Å². The summed E-state index contributed by atoms with van der Waals surface area (Å²) in [5, 5.41) is 11.7. The van der Waals surface area contributed by atoms with Gasteiger partial charge in [-0.15, -0.1) is 0 Å². The molecule has 0 aliphatic carbocycles. The Morgan fingerprint density at radius 1 is 1.35 bits per heavy atom. The molecule has 0 atom stereocenters. The normalized spacial score (nSPS) is 13.3. The van der Waals surface area contributed by atoms with Gasteiger partial charge in [0.2, 0.25) is 5.91 Å². The average molecular weight is 264 g/mol. The molecule has 1 aliphatic rings. The molecule has 0 unspecified atom stereocenters. The summed E-state index contributed by atoms with van der Waals surface area (Å²) >= 11 is 0. The van der Waals surface area contributed by atoms with Crippen LogP contribution in [0.15, 0.2) is 42.6 Å². The summed E-state index contributed by atoms with van der Waals surface area (Å²) in [6, 6.07) is 13.1. The van der Waals surface area contributed by atoms with Gasteiger partial charge in [-0.2, -0.15) is 5.26 Å². The quantitative estimate of drug-likeness (QED) is 0.899.